The van der Waals surface area contributed by atoms with Crippen LogP contribution in [0.2, 0.25) is 0 Å². The highest BCUT2D eigenvalue weighted by Gasteiger charge is 2.35. The maximum Gasteiger partial charge on any atom is 0.341 e. The predicted octanol–water partition coefficient (Wildman–Crippen LogP) is 2.47. The first-order valence-electron chi connectivity index (χ1n) is 9.35. The average molecular weight is 383 g/mol. The van der Waals surface area contributed by atoms with Crippen LogP contribution in [0.4, 0.5) is 10.1 Å². The number of nitrogens with zero attached hydrogens (tertiary/aromatic N) is 2. The van der Waals surface area contributed by atoms with E-state index in [2.05, 4.69) is 11.8 Å². The number of rotatable bonds is 3. The van der Waals surface area contributed by atoms with Gasteiger partial charge in [-0.25, -0.2) is 9.18 Å². The van der Waals surface area contributed by atoms with Gasteiger partial charge in [-0.1, -0.05) is 5.92 Å². The fourth-order valence-corrected chi connectivity index (χ4v) is 4.00. The summed E-state index contributed by atoms with van der Waals surface area (Å²) < 4.78 is 17.0. The van der Waals surface area contributed by atoms with E-state index < -0.39 is 22.8 Å². The smallest absolute Gasteiger partial charge is 0.341 e. The Labute approximate surface area is 161 Å². The number of hydrogen-bond donors (Lipinski definition) is 2. The van der Waals surface area contributed by atoms with Crippen molar-refractivity contribution in [1.82, 2.24) is 4.57 Å². The summed E-state index contributed by atoms with van der Waals surface area (Å²) in [6, 6.07) is 1.25. The molecule has 1 saturated carbocycles. The number of carboxylic acid groups (broad SMARTS) is 1. The summed E-state index contributed by atoms with van der Waals surface area (Å²) in [6.45, 7) is 4.66. The number of fused-ring (bicyclic) bond motifs is 1. The van der Waals surface area contributed by atoms with Crippen LogP contribution in [0.25, 0.3) is 10.9 Å². The highest BCUT2D eigenvalue weighted by Crippen LogP contribution is 2.40. The van der Waals surface area contributed by atoms with Crippen LogP contribution in [0.3, 0.4) is 0 Å². The zero-order chi connectivity index (χ0) is 20.2. The van der Waals surface area contributed by atoms with Gasteiger partial charge in [-0.2, -0.15) is 0 Å². The van der Waals surface area contributed by atoms with Gasteiger partial charge in [0.2, 0.25) is 5.43 Å². The minimum absolute atomic E-state index is 0.0560. The van der Waals surface area contributed by atoms with Crippen molar-refractivity contribution in [3.8, 4) is 11.8 Å². The van der Waals surface area contributed by atoms with Crippen molar-refractivity contribution >= 4 is 22.6 Å². The lowest BCUT2D eigenvalue weighted by atomic mass is 10.0. The maximum atomic E-state index is 15.2. The Morgan fingerprint density at radius 1 is 1.43 bits per heavy atom. The minimum atomic E-state index is -1.31. The number of pyridine rings is 1. The summed E-state index contributed by atoms with van der Waals surface area (Å²) in [4.78, 5) is 26.2. The van der Waals surface area contributed by atoms with Gasteiger partial charge in [0.15, 0.2) is 0 Å². The third kappa shape index (κ3) is 2.94. The number of hydrogen-bond acceptors (Lipinski definition) is 4. The minimum Gasteiger partial charge on any atom is -0.477 e. The fourth-order valence-electron chi connectivity index (χ4n) is 4.00. The first-order chi connectivity index (χ1) is 13.2. The van der Waals surface area contributed by atoms with Crippen LogP contribution in [0.1, 0.15) is 55.1 Å². The van der Waals surface area contributed by atoms with Crippen molar-refractivity contribution in [3.05, 3.63) is 39.4 Å². The zero-order valence-corrected chi connectivity index (χ0v) is 15.9. The van der Waals surface area contributed by atoms with E-state index in [1.165, 1.54) is 6.20 Å². The molecular weight excluding hydrogens is 361 g/mol. The second-order valence-corrected chi connectivity index (χ2v) is 7.99. The van der Waals surface area contributed by atoms with Crippen molar-refractivity contribution in [2.24, 2.45) is 5.73 Å². The summed E-state index contributed by atoms with van der Waals surface area (Å²) in [6.07, 6.45) is 3.86. The standard InChI is InChI=1S/C21H22FN3O3/c1-3-4-13-17-14(9-16(22)18(13)24-8-7-21(2,23)11-24)19(26)15(20(27)28)10-25(17)12-5-6-12/h9-10,12H,5-8,11,23H2,1-2H3,(H,27,28). The molecule has 6 nitrogen and oxygen atoms in total. The molecule has 0 radical (unpaired) electrons. The molecule has 28 heavy (non-hydrogen) atoms. The molecule has 1 unspecified atom stereocenters. The second-order valence-electron chi connectivity index (χ2n) is 7.99. The van der Waals surface area contributed by atoms with Crippen LogP contribution in [0.5, 0.6) is 0 Å². The number of halogens is 1. The monoisotopic (exact) mass is 383 g/mol. The molecule has 0 amide bonds. The SMILES string of the molecule is CC#Cc1c(N2CCC(C)(N)C2)c(F)cc2c(=O)c(C(=O)O)cn(C3CC3)c12. The number of aromatic nitrogens is 1. The molecule has 146 valence electrons. The topological polar surface area (TPSA) is 88.6 Å². The first kappa shape index (κ1) is 18.5. The van der Waals surface area contributed by atoms with Crippen LogP contribution < -0.4 is 16.1 Å². The maximum absolute atomic E-state index is 15.2. The molecule has 2 aromatic rings. The number of aromatic carboxylic acids is 1. The molecule has 2 fully saturated rings. The van der Waals surface area contributed by atoms with Crippen molar-refractivity contribution < 1.29 is 14.3 Å². The van der Waals surface area contributed by atoms with E-state index >= 15 is 4.39 Å². The molecule has 2 aliphatic rings. The quantitative estimate of drug-likeness (QED) is 0.795. The molecule has 1 aromatic heterocycles. The highest BCUT2D eigenvalue weighted by molar-refractivity contribution is 5.97. The van der Waals surface area contributed by atoms with Crippen molar-refractivity contribution in [2.45, 2.75) is 44.7 Å². The predicted molar refractivity (Wildman–Crippen MR) is 105 cm³/mol. The number of carbonyl (C=O) groups is 1. The van der Waals surface area contributed by atoms with Gasteiger partial charge < -0.3 is 20.3 Å². The number of carboxylic acids is 1. The third-order valence-electron chi connectivity index (χ3n) is 5.48. The lowest BCUT2D eigenvalue weighted by Gasteiger charge is -2.25. The molecule has 7 heteroatoms. The van der Waals surface area contributed by atoms with Gasteiger partial charge in [0, 0.05) is 30.9 Å². The molecule has 1 atom stereocenters. The van der Waals surface area contributed by atoms with Crippen molar-refractivity contribution in [3.63, 3.8) is 0 Å². The Bertz CT molecular complexity index is 1120. The van der Waals surface area contributed by atoms with Gasteiger partial charge in [-0.3, -0.25) is 4.79 Å². The van der Waals surface area contributed by atoms with Crippen LogP contribution in [-0.4, -0.2) is 34.3 Å². The third-order valence-corrected chi connectivity index (χ3v) is 5.48. The molecular formula is C21H22FN3O3. The normalized spacial score (nSPS) is 21.6. The molecule has 1 saturated heterocycles. The number of nitrogens with two attached hydrogens (primary N) is 1. The molecule has 0 bridgehead atoms. The van der Waals surface area contributed by atoms with Gasteiger partial charge in [0.05, 0.1) is 22.2 Å². The largest absolute Gasteiger partial charge is 0.477 e. The summed E-state index contributed by atoms with van der Waals surface area (Å²) in [5, 5.41) is 9.48. The molecule has 1 aliphatic heterocycles. The van der Waals surface area contributed by atoms with Crippen molar-refractivity contribution in [2.75, 3.05) is 18.0 Å². The van der Waals surface area contributed by atoms with E-state index in [1.54, 1.807) is 11.5 Å². The Morgan fingerprint density at radius 2 is 2.14 bits per heavy atom. The highest BCUT2D eigenvalue weighted by atomic mass is 19.1. The molecule has 1 aromatic carbocycles. The molecule has 0 spiro atoms. The van der Waals surface area contributed by atoms with Crippen molar-refractivity contribution in [1.29, 1.82) is 0 Å². The Hall–Kier alpha value is -2.85. The number of benzene rings is 1. The van der Waals surface area contributed by atoms with Gasteiger partial charge in [-0.05, 0) is 39.2 Å². The molecule has 2 heterocycles. The van der Waals surface area contributed by atoms with Crippen LogP contribution in [-0.2, 0) is 0 Å². The van der Waals surface area contributed by atoms with Crippen LogP contribution >= 0.6 is 0 Å². The lowest BCUT2D eigenvalue weighted by Crippen LogP contribution is -2.39. The second kappa shape index (κ2) is 6.35. The van der Waals surface area contributed by atoms with E-state index in [4.69, 9.17) is 5.73 Å². The summed E-state index contributed by atoms with van der Waals surface area (Å²) in [5.41, 5.74) is 6.05. The Morgan fingerprint density at radius 3 is 2.68 bits per heavy atom. The first-order valence-corrected chi connectivity index (χ1v) is 9.35. The lowest BCUT2D eigenvalue weighted by molar-refractivity contribution is 0.0695. The van der Waals surface area contributed by atoms with Crippen LogP contribution in [0, 0.1) is 17.7 Å². The van der Waals surface area contributed by atoms with Gasteiger partial charge in [0.1, 0.15) is 11.4 Å². The van der Waals surface area contributed by atoms with Gasteiger partial charge in [0.25, 0.3) is 0 Å². The van der Waals surface area contributed by atoms with E-state index in [0.717, 1.165) is 25.3 Å². The van der Waals surface area contributed by atoms with E-state index in [-0.39, 0.29) is 17.0 Å². The zero-order valence-electron chi connectivity index (χ0n) is 15.9. The Balaban J connectivity index is 2.09. The van der Waals surface area contributed by atoms with E-state index in [1.807, 2.05) is 11.8 Å². The van der Waals surface area contributed by atoms with Gasteiger partial charge in [-0.15, -0.1) is 5.92 Å². The molecule has 4 rings (SSSR count). The summed E-state index contributed by atoms with van der Waals surface area (Å²) in [7, 11) is 0. The molecule has 3 N–H and O–H groups in total. The number of anilines is 1. The fraction of sp³-hybridized carbons (Fsp3) is 0.429. The van der Waals surface area contributed by atoms with Gasteiger partial charge >= 0.3 is 5.97 Å². The van der Waals surface area contributed by atoms with Crippen LogP contribution in [0.15, 0.2) is 17.1 Å². The Kier molecular flexibility index (Phi) is 4.20. The summed E-state index contributed by atoms with van der Waals surface area (Å²) >= 11 is 0. The average Bonchev–Trinajstić information content (AvgIpc) is 3.39. The molecule has 1 aliphatic carbocycles. The summed E-state index contributed by atoms with van der Waals surface area (Å²) in [5.74, 6) is 3.92. The van der Waals surface area contributed by atoms with E-state index in [9.17, 15) is 14.7 Å². The van der Waals surface area contributed by atoms with E-state index in [0.29, 0.717) is 29.9 Å².